The second-order valence-corrected chi connectivity index (χ2v) is 9.15. The number of anilines is 2. The number of carbonyl (C=O) groups is 1. The number of fused-ring (bicyclic) bond motifs is 1. The maximum Gasteiger partial charge on any atom is 0.319 e. The molecule has 2 heterocycles. The van der Waals surface area contributed by atoms with Gasteiger partial charge in [0.25, 0.3) is 0 Å². The molecule has 0 bridgehead atoms. The summed E-state index contributed by atoms with van der Waals surface area (Å²) in [5, 5.41) is 9.51. The van der Waals surface area contributed by atoms with E-state index in [0.717, 1.165) is 51.9 Å². The van der Waals surface area contributed by atoms with E-state index in [1.165, 1.54) is 6.07 Å². The molecule has 2 aromatic heterocycles. The molecule has 31 heavy (non-hydrogen) atoms. The fourth-order valence-electron chi connectivity index (χ4n) is 4.35. The Morgan fingerprint density at radius 1 is 1.13 bits per heavy atom. The van der Waals surface area contributed by atoms with Crippen LogP contribution in [0.4, 0.5) is 20.7 Å². The number of aryl methyl sites for hydroxylation is 2. The lowest BCUT2D eigenvalue weighted by Crippen LogP contribution is -2.49. The SMILES string of the molecule is CNc1cc2nc(C)c(-c3cc(NC(=O)NC4CC(C)(C)C4)c(F)cc3C)cc2cn1. The van der Waals surface area contributed by atoms with E-state index in [9.17, 15) is 9.18 Å². The third-order valence-corrected chi connectivity index (χ3v) is 5.93. The highest BCUT2D eigenvalue weighted by Gasteiger charge is 2.36. The number of rotatable bonds is 4. The number of hydrogen-bond donors (Lipinski definition) is 3. The molecule has 0 saturated heterocycles. The minimum atomic E-state index is -0.461. The Morgan fingerprint density at radius 2 is 1.87 bits per heavy atom. The van der Waals surface area contributed by atoms with Crippen molar-refractivity contribution in [1.82, 2.24) is 15.3 Å². The first kappa shape index (κ1) is 21.0. The molecule has 1 fully saturated rings. The molecule has 3 N–H and O–H groups in total. The smallest absolute Gasteiger partial charge is 0.319 e. The van der Waals surface area contributed by atoms with Gasteiger partial charge in [-0.25, -0.2) is 14.2 Å². The molecular weight excluding hydrogens is 393 g/mol. The molecule has 6 nitrogen and oxygen atoms in total. The molecule has 0 spiro atoms. The predicted octanol–water partition coefficient (Wildman–Crippen LogP) is 5.40. The predicted molar refractivity (Wildman–Crippen MR) is 123 cm³/mol. The van der Waals surface area contributed by atoms with Gasteiger partial charge in [0.1, 0.15) is 11.6 Å². The van der Waals surface area contributed by atoms with E-state index in [1.807, 2.05) is 33.0 Å². The largest absolute Gasteiger partial charge is 0.373 e. The van der Waals surface area contributed by atoms with E-state index in [-0.39, 0.29) is 23.2 Å². The molecule has 2 amide bonds. The van der Waals surface area contributed by atoms with Gasteiger partial charge in [-0.3, -0.25) is 4.98 Å². The van der Waals surface area contributed by atoms with Gasteiger partial charge in [0.15, 0.2) is 0 Å². The van der Waals surface area contributed by atoms with Crippen molar-refractivity contribution in [3.05, 3.63) is 47.5 Å². The van der Waals surface area contributed by atoms with E-state index in [1.54, 1.807) is 12.3 Å². The fourth-order valence-corrected chi connectivity index (χ4v) is 4.35. The Morgan fingerprint density at radius 3 is 2.55 bits per heavy atom. The van der Waals surface area contributed by atoms with Crippen LogP contribution >= 0.6 is 0 Å². The number of halogens is 1. The number of nitrogens with zero attached hydrogens (tertiary/aromatic N) is 2. The van der Waals surface area contributed by atoms with Crippen molar-refractivity contribution in [2.45, 2.75) is 46.6 Å². The van der Waals surface area contributed by atoms with Crippen molar-refractivity contribution in [3.8, 4) is 11.1 Å². The molecule has 0 radical (unpaired) electrons. The van der Waals surface area contributed by atoms with Crippen LogP contribution in [0.5, 0.6) is 0 Å². The summed E-state index contributed by atoms with van der Waals surface area (Å²) in [4.78, 5) is 21.5. The van der Waals surface area contributed by atoms with Crippen LogP contribution < -0.4 is 16.0 Å². The van der Waals surface area contributed by atoms with Crippen molar-refractivity contribution in [2.75, 3.05) is 17.7 Å². The third-order valence-electron chi connectivity index (χ3n) is 5.93. The Hall–Kier alpha value is -3.22. The van der Waals surface area contributed by atoms with Crippen molar-refractivity contribution >= 4 is 28.4 Å². The average Bonchev–Trinajstić information content (AvgIpc) is 2.68. The summed E-state index contributed by atoms with van der Waals surface area (Å²) < 4.78 is 14.6. The lowest BCUT2D eigenvalue weighted by molar-refractivity contribution is 0.132. The van der Waals surface area contributed by atoms with Gasteiger partial charge in [-0.05, 0) is 61.4 Å². The number of amides is 2. The summed E-state index contributed by atoms with van der Waals surface area (Å²) in [6, 6.07) is 6.77. The van der Waals surface area contributed by atoms with Gasteiger partial charge in [0.05, 0.1) is 11.2 Å². The number of aromatic nitrogens is 2. The quantitative estimate of drug-likeness (QED) is 0.527. The van der Waals surface area contributed by atoms with Gasteiger partial charge in [-0.15, -0.1) is 0 Å². The van der Waals surface area contributed by atoms with Crippen LogP contribution in [0.25, 0.3) is 22.0 Å². The maximum absolute atomic E-state index is 14.6. The number of hydrogen-bond acceptors (Lipinski definition) is 4. The highest BCUT2D eigenvalue weighted by atomic mass is 19.1. The van der Waals surface area contributed by atoms with Crippen molar-refractivity contribution < 1.29 is 9.18 Å². The van der Waals surface area contributed by atoms with E-state index in [0.29, 0.717) is 0 Å². The normalized spacial score (nSPS) is 15.4. The number of carbonyl (C=O) groups excluding carboxylic acids is 1. The van der Waals surface area contributed by atoms with Crippen molar-refractivity contribution in [1.29, 1.82) is 0 Å². The first-order valence-electron chi connectivity index (χ1n) is 10.5. The highest BCUT2D eigenvalue weighted by molar-refractivity contribution is 5.92. The number of nitrogens with one attached hydrogen (secondary N) is 3. The molecule has 1 saturated carbocycles. The van der Waals surface area contributed by atoms with Gasteiger partial charge in [-0.2, -0.15) is 0 Å². The van der Waals surface area contributed by atoms with E-state index < -0.39 is 5.82 Å². The Labute approximate surface area is 181 Å². The Bertz CT molecular complexity index is 1170. The zero-order valence-electron chi connectivity index (χ0n) is 18.6. The molecule has 7 heteroatoms. The standard InChI is InChI=1S/C24H28FN5O/c1-13-6-19(25)21(30-23(31)29-16-10-24(3,4)11-16)8-17(13)18-7-15-12-27-22(26-5)9-20(15)28-14(18)2/h6-9,12,16H,10-11H2,1-5H3,(H,26,27)(H2,29,30,31). The monoisotopic (exact) mass is 421 g/mol. The van der Waals surface area contributed by atoms with Gasteiger partial charge in [0.2, 0.25) is 0 Å². The van der Waals surface area contributed by atoms with Crippen molar-refractivity contribution in [3.63, 3.8) is 0 Å². The molecule has 0 aliphatic heterocycles. The van der Waals surface area contributed by atoms with Crippen LogP contribution in [0, 0.1) is 25.1 Å². The van der Waals surface area contributed by atoms with Crippen LogP contribution in [0.1, 0.15) is 37.9 Å². The van der Waals surface area contributed by atoms with Crippen LogP contribution in [0.15, 0.2) is 30.5 Å². The summed E-state index contributed by atoms with van der Waals surface area (Å²) >= 11 is 0. The highest BCUT2D eigenvalue weighted by Crippen LogP contribution is 2.40. The van der Waals surface area contributed by atoms with Crippen molar-refractivity contribution in [2.24, 2.45) is 5.41 Å². The van der Waals surface area contributed by atoms with E-state index >= 15 is 0 Å². The minimum absolute atomic E-state index is 0.130. The van der Waals surface area contributed by atoms with Crippen LogP contribution in [0.2, 0.25) is 0 Å². The maximum atomic E-state index is 14.6. The molecule has 1 aliphatic carbocycles. The molecule has 4 rings (SSSR count). The molecule has 162 valence electrons. The Kier molecular flexibility index (Phi) is 5.29. The molecular formula is C24H28FN5O. The van der Waals surface area contributed by atoms with Crippen LogP contribution in [0.3, 0.4) is 0 Å². The first-order valence-corrected chi connectivity index (χ1v) is 10.5. The van der Waals surface area contributed by atoms with Gasteiger partial charge >= 0.3 is 6.03 Å². The molecule has 0 atom stereocenters. The van der Waals surface area contributed by atoms with Crippen LogP contribution in [-0.2, 0) is 0 Å². The van der Waals surface area contributed by atoms with Gasteiger partial charge in [0, 0.05) is 42.0 Å². The number of urea groups is 1. The zero-order chi connectivity index (χ0) is 22.3. The minimum Gasteiger partial charge on any atom is -0.373 e. The Balaban J connectivity index is 1.63. The zero-order valence-corrected chi connectivity index (χ0v) is 18.6. The lowest BCUT2D eigenvalue weighted by atomic mass is 9.68. The number of pyridine rings is 2. The third kappa shape index (κ3) is 4.31. The molecule has 1 aliphatic rings. The molecule has 3 aromatic rings. The topological polar surface area (TPSA) is 78.9 Å². The fraction of sp³-hybridized carbons (Fsp3) is 0.375. The van der Waals surface area contributed by atoms with Gasteiger partial charge in [-0.1, -0.05) is 13.8 Å². The second-order valence-electron chi connectivity index (χ2n) is 9.15. The van der Waals surface area contributed by atoms with E-state index in [4.69, 9.17) is 4.98 Å². The molecule has 1 aromatic carbocycles. The molecule has 0 unspecified atom stereocenters. The second kappa shape index (κ2) is 7.80. The van der Waals surface area contributed by atoms with Gasteiger partial charge < -0.3 is 16.0 Å². The summed E-state index contributed by atoms with van der Waals surface area (Å²) in [6.07, 6.45) is 3.61. The average molecular weight is 422 g/mol. The lowest BCUT2D eigenvalue weighted by Gasteiger charge is -2.42. The number of benzene rings is 1. The summed E-state index contributed by atoms with van der Waals surface area (Å²) in [6.45, 7) is 8.12. The summed E-state index contributed by atoms with van der Waals surface area (Å²) in [5.74, 6) is 0.287. The first-order chi connectivity index (χ1) is 14.6. The van der Waals surface area contributed by atoms with E-state index in [2.05, 4.69) is 34.8 Å². The summed E-state index contributed by atoms with van der Waals surface area (Å²) in [5.41, 5.74) is 4.54. The summed E-state index contributed by atoms with van der Waals surface area (Å²) in [7, 11) is 1.81. The van der Waals surface area contributed by atoms with Crippen LogP contribution in [-0.4, -0.2) is 29.1 Å².